The zero-order valence-electron chi connectivity index (χ0n) is 10.4. The zero-order valence-corrected chi connectivity index (χ0v) is 10.4. The minimum atomic E-state index is 0.175. The summed E-state index contributed by atoms with van der Waals surface area (Å²) in [6, 6.07) is 6.56. The summed E-state index contributed by atoms with van der Waals surface area (Å²) >= 11 is 0. The molecule has 2 heteroatoms. The lowest BCUT2D eigenvalue weighted by molar-refractivity contribution is 0.101. The predicted molar refractivity (Wildman–Crippen MR) is 67.3 cm³/mol. The van der Waals surface area contributed by atoms with Crippen LogP contribution in [0, 0.1) is 0 Å². The molecule has 1 atom stereocenters. The molecule has 1 aliphatic heterocycles. The van der Waals surface area contributed by atoms with Crippen molar-refractivity contribution in [2.75, 3.05) is 11.4 Å². The lowest BCUT2D eigenvalue weighted by Crippen LogP contribution is -2.28. The van der Waals surface area contributed by atoms with Gasteiger partial charge in [0.1, 0.15) is 0 Å². The number of nitrogens with zero attached hydrogens (tertiary/aromatic N) is 1. The summed E-state index contributed by atoms with van der Waals surface area (Å²) in [5.74, 6) is 0.631. The van der Waals surface area contributed by atoms with Gasteiger partial charge >= 0.3 is 0 Å². The molecule has 0 amide bonds. The Hall–Kier alpha value is -1.31. The third kappa shape index (κ3) is 1.62. The summed E-state index contributed by atoms with van der Waals surface area (Å²) < 4.78 is 0. The fourth-order valence-corrected chi connectivity index (χ4v) is 2.60. The van der Waals surface area contributed by atoms with E-state index in [1.54, 1.807) is 6.92 Å². The number of carbonyl (C=O) groups excluding carboxylic acids is 1. The number of benzene rings is 1. The molecule has 86 valence electrons. The Morgan fingerprint density at radius 2 is 2.12 bits per heavy atom. The van der Waals surface area contributed by atoms with E-state index in [2.05, 4.69) is 31.7 Å². The van der Waals surface area contributed by atoms with Gasteiger partial charge in [-0.1, -0.05) is 19.1 Å². The van der Waals surface area contributed by atoms with E-state index in [-0.39, 0.29) is 5.78 Å². The summed E-state index contributed by atoms with van der Waals surface area (Å²) in [4.78, 5) is 14.0. The smallest absolute Gasteiger partial charge is 0.160 e. The van der Waals surface area contributed by atoms with Crippen LogP contribution in [-0.4, -0.2) is 18.4 Å². The number of Topliss-reactive ketones (excluding diaryl/α,β-unsaturated/α-hetero) is 1. The maximum atomic E-state index is 11.6. The molecule has 0 saturated heterocycles. The third-order valence-corrected chi connectivity index (χ3v) is 3.36. The van der Waals surface area contributed by atoms with Crippen molar-refractivity contribution in [3.63, 3.8) is 0 Å². The Morgan fingerprint density at radius 3 is 2.69 bits per heavy atom. The summed E-state index contributed by atoms with van der Waals surface area (Å²) in [7, 11) is 0. The van der Waals surface area contributed by atoms with E-state index >= 15 is 0 Å². The van der Waals surface area contributed by atoms with Crippen LogP contribution in [0.25, 0.3) is 0 Å². The quantitative estimate of drug-likeness (QED) is 0.709. The minimum absolute atomic E-state index is 0.175. The molecule has 16 heavy (non-hydrogen) atoms. The molecule has 0 aliphatic carbocycles. The van der Waals surface area contributed by atoms with Crippen LogP contribution in [0.2, 0.25) is 0 Å². The number of anilines is 1. The van der Waals surface area contributed by atoms with Crippen molar-refractivity contribution in [2.45, 2.75) is 39.7 Å². The highest BCUT2D eigenvalue weighted by Crippen LogP contribution is 2.39. The van der Waals surface area contributed by atoms with Gasteiger partial charge in [-0.15, -0.1) is 0 Å². The predicted octanol–water partition coefficient (Wildman–Crippen LogP) is 3.22. The lowest BCUT2D eigenvalue weighted by atomic mass is 9.95. The second kappa shape index (κ2) is 3.93. The molecule has 1 heterocycles. The Bertz CT molecular complexity index is 423. The first-order valence-corrected chi connectivity index (χ1v) is 5.93. The second-order valence-electron chi connectivity index (χ2n) is 4.94. The molecule has 1 unspecified atom stereocenters. The molecule has 0 bridgehead atoms. The molecule has 1 aromatic carbocycles. The number of rotatable bonds is 2. The molecule has 1 aliphatic rings. The van der Waals surface area contributed by atoms with Gasteiger partial charge in [0.05, 0.1) is 0 Å². The Morgan fingerprint density at radius 1 is 1.44 bits per heavy atom. The van der Waals surface area contributed by atoms with Crippen LogP contribution in [-0.2, 0) is 0 Å². The van der Waals surface area contributed by atoms with Gasteiger partial charge in [0.2, 0.25) is 0 Å². The van der Waals surface area contributed by atoms with Crippen LogP contribution in [0.4, 0.5) is 5.69 Å². The molecule has 0 aromatic heterocycles. The zero-order chi connectivity index (χ0) is 11.9. The van der Waals surface area contributed by atoms with Crippen LogP contribution in [0.1, 0.15) is 49.5 Å². The van der Waals surface area contributed by atoms with Gasteiger partial charge in [-0.2, -0.15) is 0 Å². The van der Waals surface area contributed by atoms with Crippen LogP contribution in [0.15, 0.2) is 18.2 Å². The largest absolute Gasteiger partial charge is 0.368 e. The maximum Gasteiger partial charge on any atom is 0.160 e. The summed E-state index contributed by atoms with van der Waals surface area (Å²) in [5, 5.41) is 0. The van der Waals surface area contributed by atoms with E-state index in [1.807, 2.05) is 12.1 Å². The monoisotopic (exact) mass is 217 g/mol. The minimum Gasteiger partial charge on any atom is -0.368 e. The van der Waals surface area contributed by atoms with Crippen molar-refractivity contribution in [1.82, 2.24) is 0 Å². The van der Waals surface area contributed by atoms with Gasteiger partial charge in [-0.05, 0) is 32.4 Å². The summed E-state index contributed by atoms with van der Waals surface area (Å²) in [6.45, 7) is 9.27. The van der Waals surface area contributed by atoms with Crippen molar-refractivity contribution in [3.05, 3.63) is 29.3 Å². The van der Waals surface area contributed by atoms with Crippen molar-refractivity contribution < 1.29 is 4.79 Å². The number of fused-ring (bicyclic) bond motifs is 1. The van der Waals surface area contributed by atoms with Crippen molar-refractivity contribution >= 4 is 11.5 Å². The van der Waals surface area contributed by atoms with Gasteiger partial charge in [0.15, 0.2) is 5.78 Å². The molecule has 2 nitrogen and oxygen atoms in total. The Kier molecular flexibility index (Phi) is 2.75. The van der Waals surface area contributed by atoms with Crippen LogP contribution in [0.3, 0.4) is 0 Å². The molecular formula is C14H19NO. The SMILES string of the molecule is CC(=O)c1cccc2c1C(C)CN2C(C)C. The highest BCUT2D eigenvalue weighted by atomic mass is 16.1. The van der Waals surface area contributed by atoms with Gasteiger partial charge in [0.25, 0.3) is 0 Å². The normalized spacial score (nSPS) is 19.1. The van der Waals surface area contributed by atoms with Crippen LogP contribution in [0.5, 0.6) is 0 Å². The molecule has 0 spiro atoms. The topological polar surface area (TPSA) is 20.3 Å². The molecule has 0 radical (unpaired) electrons. The van der Waals surface area contributed by atoms with Crippen molar-refractivity contribution in [3.8, 4) is 0 Å². The number of hydrogen-bond donors (Lipinski definition) is 0. The van der Waals surface area contributed by atoms with E-state index in [1.165, 1.54) is 11.3 Å². The summed E-state index contributed by atoms with van der Waals surface area (Å²) in [6.07, 6.45) is 0. The van der Waals surface area contributed by atoms with Crippen LogP contribution < -0.4 is 4.90 Å². The highest BCUT2D eigenvalue weighted by Gasteiger charge is 2.29. The molecule has 0 N–H and O–H groups in total. The molecular weight excluding hydrogens is 198 g/mol. The molecule has 1 aromatic rings. The van der Waals surface area contributed by atoms with E-state index < -0.39 is 0 Å². The maximum absolute atomic E-state index is 11.6. The molecule has 0 saturated carbocycles. The van der Waals surface area contributed by atoms with E-state index in [0.717, 1.165) is 12.1 Å². The fraction of sp³-hybridized carbons (Fsp3) is 0.500. The number of carbonyl (C=O) groups is 1. The first-order valence-electron chi connectivity index (χ1n) is 5.93. The fourth-order valence-electron chi connectivity index (χ4n) is 2.60. The van der Waals surface area contributed by atoms with E-state index in [0.29, 0.717) is 12.0 Å². The molecule has 2 rings (SSSR count). The lowest BCUT2D eigenvalue weighted by Gasteiger charge is -2.24. The van der Waals surface area contributed by atoms with Crippen molar-refractivity contribution in [2.24, 2.45) is 0 Å². The third-order valence-electron chi connectivity index (χ3n) is 3.36. The van der Waals surface area contributed by atoms with Gasteiger partial charge in [-0.3, -0.25) is 4.79 Å². The first kappa shape index (κ1) is 11.2. The Balaban J connectivity index is 2.55. The molecule has 0 fully saturated rings. The Labute approximate surface area is 97.3 Å². The highest BCUT2D eigenvalue weighted by molar-refractivity contribution is 5.97. The summed E-state index contributed by atoms with van der Waals surface area (Å²) in [5.41, 5.74) is 3.38. The number of ketones is 1. The van der Waals surface area contributed by atoms with E-state index in [4.69, 9.17) is 0 Å². The number of hydrogen-bond acceptors (Lipinski definition) is 2. The van der Waals surface area contributed by atoms with Gasteiger partial charge in [0, 0.05) is 29.8 Å². The van der Waals surface area contributed by atoms with E-state index in [9.17, 15) is 4.79 Å². The first-order chi connectivity index (χ1) is 7.52. The van der Waals surface area contributed by atoms with Gasteiger partial charge in [-0.25, -0.2) is 0 Å². The van der Waals surface area contributed by atoms with Crippen LogP contribution >= 0.6 is 0 Å². The standard InChI is InChI=1S/C14H19NO/c1-9(2)15-8-10(3)14-12(11(4)16)6-5-7-13(14)15/h5-7,9-10H,8H2,1-4H3. The average molecular weight is 217 g/mol. The second-order valence-corrected chi connectivity index (χ2v) is 4.94. The van der Waals surface area contributed by atoms with Gasteiger partial charge < -0.3 is 4.90 Å². The van der Waals surface area contributed by atoms with Crippen molar-refractivity contribution in [1.29, 1.82) is 0 Å². The average Bonchev–Trinajstić information content (AvgIpc) is 2.56.